The fourth-order valence-electron chi connectivity index (χ4n) is 2.73. The van der Waals surface area contributed by atoms with Crippen molar-refractivity contribution in [3.63, 3.8) is 0 Å². The molecule has 4 rings (SSSR count). The smallest absolute Gasteiger partial charge is 0.293 e. The van der Waals surface area contributed by atoms with Crippen molar-refractivity contribution in [2.45, 2.75) is 13.5 Å². The molecular formula is C19H16FN5O2S. The Morgan fingerprint density at radius 1 is 1.29 bits per heavy atom. The maximum Gasteiger partial charge on any atom is 0.293 e. The standard InChI is InChI=1S/C19H16FN5O2S/c1-12-9-14(23-27-12)11-24(2)19(26)17-21-18(16-7-4-8-28-16)25(22-17)15-6-3-5-13(20)10-15/h3-10H,11H2,1-2H3. The van der Waals surface area contributed by atoms with Crippen LogP contribution in [-0.2, 0) is 6.54 Å². The zero-order valence-electron chi connectivity index (χ0n) is 15.2. The third-order valence-corrected chi connectivity index (χ3v) is 4.88. The zero-order chi connectivity index (χ0) is 19.7. The van der Waals surface area contributed by atoms with Crippen LogP contribution in [0.3, 0.4) is 0 Å². The topological polar surface area (TPSA) is 77.1 Å². The van der Waals surface area contributed by atoms with Gasteiger partial charge in [-0.2, -0.15) is 0 Å². The highest BCUT2D eigenvalue weighted by molar-refractivity contribution is 7.13. The molecule has 0 saturated carbocycles. The molecule has 0 aliphatic rings. The molecule has 0 fully saturated rings. The van der Waals surface area contributed by atoms with E-state index in [1.54, 1.807) is 32.2 Å². The summed E-state index contributed by atoms with van der Waals surface area (Å²) in [7, 11) is 1.64. The van der Waals surface area contributed by atoms with Crippen molar-refractivity contribution in [1.82, 2.24) is 24.8 Å². The average molecular weight is 397 g/mol. The van der Waals surface area contributed by atoms with Gasteiger partial charge in [-0.3, -0.25) is 4.79 Å². The summed E-state index contributed by atoms with van der Waals surface area (Å²) in [4.78, 5) is 19.6. The quantitative estimate of drug-likeness (QED) is 0.513. The molecule has 9 heteroatoms. The summed E-state index contributed by atoms with van der Waals surface area (Å²) in [5.74, 6) is 0.416. The molecule has 3 aromatic heterocycles. The summed E-state index contributed by atoms with van der Waals surface area (Å²) in [5.41, 5.74) is 1.13. The lowest BCUT2D eigenvalue weighted by atomic mass is 10.3. The Kier molecular flexibility index (Phi) is 4.74. The second-order valence-corrected chi connectivity index (χ2v) is 7.17. The number of aryl methyl sites for hydroxylation is 1. The van der Waals surface area contributed by atoms with Crippen LogP contribution >= 0.6 is 11.3 Å². The maximum atomic E-state index is 13.7. The van der Waals surface area contributed by atoms with E-state index in [9.17, 15) is 9.18 Å². The molecule has 0 radical (unpaired) electrons. The summed E-state index contributed by atoms with van der Waals surface area (Å²) in [6.07, 6.45) is 0. The zero-order valence-corrected chi connectivity index (χ0v) is 16.0. The summed E-state index contributed by atoms with van der Waals surface area (Å²) in [6, 6.07) is 11.5. The van der Waals surface area contributed by atoms with Crippen LogP contribution in [-0.4, -0.2) is 37.8 Å². The minimum absolute atomic E-state index is 0.0235. The van der Waals surface area contributed by atoms with E-state index in [4.69, 9.17) is 4.52 Å². The summed E-state index contributed by atoms with van der Waals surface area (Å²) in [6.45, 7) is 2.05. The van der Waals surface area contributed by atoms with Gasteiger partial charge in [-0.05, 0) is 36.6 Å². The molecular weight excluding hydrogens is 381 g/mol. The lowest BCUT2D eigenvalue weighted by Crippen LogP contribution is -2.27. The normalized spacial score (nSPS) is 11.0. The van der Waals surface area contributed by atoms with Crippen molar-refractivity contribution in [1.29, 1.82) is 0 Å². The van der Waals surface area contributed by atoms with Gasteiger partial charge in [0.25, 0.3) is 5.91 Å². The third-order valence-electron chi connectivity index (χ3n) is 4.02. The van der Waals surface area contributed by atoms with Crippen LogP contribution < -0.4 is 0 Å². The third kappa shape index (κ3) is 3.56. The van der Waals surface area contributed by atoms with Gasteiger partial charge in [0.1, 0.15) is 17.3 Å². The van der Waals surface area contributed by atoms with E-state index >= 15 is 0 Å². The van der Waals surface area contributed by atoms with Crippen LogP contribution in [0, 0.1) is 12.7 Å². The molecule has 0 bridgehead atoms. The van der Waals surface area contributed by atoms with Crippen molar-refractivity contribution in [3.8, 4) is 16.4 Å². The fourth-order valence-corrected chi connectivity index (χ4v) is 3.43. The molecule has 0 atom stereocenters. The van der Waals surface area contributed by atoms with Gasteiger partial charge in [-0.15, -0.1) is 16.4 Å². The number of carbonyl (C=O) groups excluding carboxylic acids is 1. The summed E-state index contributed by atoms with van der Waals surface area (Å²) >= 11 is 1.46. The van der Waals surface area contributed by atoms with E-state index in [0.717, 1.165) is 4.88 Å². The number of benzene rings is 1. The number of rotatable bonds is 5. The van der Waals surface area contributed by atoms with Crippen molar-refractivity contribution in [3.05, 3.63) is 70.9 Å². The van der Waals surface area contributed by atoms with Crippen LogP contribution in [0.25, 0.3) is 16.4 Å². The van der Waals surface area contributed by atoms with Crippen LogP contribution in [0.2, 0.25) is 0 Å². The molecule has 0 saturated heterocycles. The first-order valence-corrected chi connectivity index (χ1v) is 9.34. The number of halogens is 1. The molecule has 0 spiro atoms. The SMILES string of the molecule is Cc1cc(CN(C)C(=O)c2nc(-c3cccs3)n(-c3cccc(F)c3)n2)no1. The molecule has 28 heavy (non-hydrogen) atoms. The van der Waals surface area contributed by atoms with E-state index in [-0.39, 0.29) is 18.3 Å². The minimum atomic E-state index is -0.392. The van der Waals surface area contributed by atoms with Gasteiger partial charge in [0.15, 0.2) is 5.82 Å². The maximum absolute atomic E-state index is 13.7. The Morgan fingerprint density at radius 2 is 2.14 bits per heavy atom. The molecule has 7 nitrogen and oxygen atoms in total. The molecule has 142 valence electrons. The fraction of sp³-hybridized carbons (Fsp3) is 0.158. The Labute approximate surface area is 164 Å². The lowest BCUT2D eigenvalue weighted by Gasteiger charge is -2.12. The van der Waals surface area contributed by atoms with Gasteiger partial charge in [0.2, 0.25) is 5.82 Å². The Morgan fingerprint density at radius 3 is 2.82 bits per heavy atom. The highest BCUT2D eigenvalue weighted by atomic mass is 32.1. The van der Waals surface area contributed by atoms with Gasteiger partial charge in [-0.1, -0.05) is 17.3 Å². The van der Waals surface area contributed by atoms with Crippen LogP contribution in [0.4, 0.5) is 4.39 Å². The molecule has 1 amide bonds. The van der Waals surface area contributed by atoms with E-state index in [1.165, 1.54) is 33.1 Å². The van der Waals surface area contributed by atoms with Crippen molar-refractivity contribution < 1.29 is 13.7 Å². The Hall–Kier alpha value is -3.33. The van der Waals surface area contributed by atoms with Gasteiger partial charge < -0.3 is 9.42 Å². The van der Waals surface area contributed by atoms with Crippen molar-refractivity contribution in [2.75, 3.05) is 7.05 Å². The second kappa shape index (κ2) is 7.35. The molecule has 0 N–H and O–H groups in total. The molecule has 1 aromatic carbocycles. The van der Waals surface area contributed by atoms with Gasteiger partial charge in [0, 0.05) is 13.1 Å². The molecule has 0 unspecified atom stereocenters. The predicted octanol–water partition coefficient (Wildman–Crippen LogP) is 3.70. The molecule has 0 aliphatic carbocycles. The van der Waals surface area contributed by atoms with E-state index in [1.807, 2.05) is 17.5 Å². The van der Waals surface area contributed by atoms with Crippen molar-refractivity contribution >= 4 is 17.2 Å². The van der Waals surface area contributed by atoms with Crippen LogP contribution in [0.5, 0.6) is 0 Å². The Bertz CT molecular complexity index is 1120. The van der Waals surface area contributed by atoms with Gasteiger partial charge in [-0.25, -0.2) is 14.1 Å². The largest absolute Gasteiger partial charge is 0.361 e. The number of hydrogen-bond acceptors (Lipinski definition) is 6. The first kappa shape index (κ1) is 18.1. The minimum Gasteiger partial charge on any atom is -0.361 e. The molecule has 0 aliphatic heterocycles. The first-order chi connectivity index (χ1) is 13.5. The van der Waals surface area contributed by atoms with E-state index < -0.39 is 5.82 Å². The monoisotopic (exact) mass is 397 g/mol. The number of thiophene rings is 1. The number of nitrogens with zero attached hydrogens (tertiary/aromatic N) is 5. The number of amides is 1. The van der Waals surface area contributed by atoms with E-state index in [0.29, 0.717) is 23.0 Å². The second-order valence-electron chi connectivity index (χ2n) is 6.22. The van der Waals surface area contributed by atoms with Crippen molar-refractivity contribution in [2.24, 2.45) is 0 Å². The van der Waals surface area contributed by atoms with Crippen LogP contribution in [0.1, 0.15) is 22.1 Å². The number of hydrogen-bond donors (Lipinski definition) is 0. The van der Waals surface area contributed by atoms with Gasteiger partial charge >= 0.3 is 0 Å². The molecule has 3 heterocycles. The highest BCUT2D eigenvalue weighted by Crippen LogP contribution is 2.26. The lowest BCUT2D eigenvalue weighted by molar-refractivity contribution is 0.0770. The number of aromatic nitrogens is 4. The first-order valence-electron chi connectivity index (χ1n) is 8.46. The predicted molar refractivity (Wildman–Crippen MR) is 102 cm³/mol. The summed E-state index contributed by atoms with van der Waals surface area (Å²) in [5, 5.41) is 10.2. The number of carbonyl (C=O) groups is 1. The summed E-state index contributed by atoms with van der Waals surface area (Å²) < 4.78 is 20.2. The van der Waals surface area contributed by atoms with Crippen LogP contribution in [0.15, 0.2) is 52.4 Å². The van der Waals surface area contributed by atoms with Gasteiger partial charge in [0.05, 0.1) is 17.1 Å². The van der Waals surface area contributed by atoms with E-state index in [2.05, 4.69) is 15.2 Å². The Balaban J connectivity index is 1.69. The average Bonchev–Trinajstić information content (AvgIpc) is 3.41. The molecule has 4 aromatic rings. The highest BCUT2D eigenvalue weighted by Gasteiger charge is 2.23.